The molecule has 1 aliphatic rings. The zero-order valence-corrected chi connectivity index (χ0v) is 42.9. The van der Waals surface area contributed by atoms with Crippen LogP contribution in [0.4, 0.5) is 29.2 Å². The van der Waals surface area contributed by atoms with E-state index in [0.717, 1.165) is 30.3 Å². The van der Waals surface area contributed by atoms with Crippen molar-refractivity contribution in [3.05, 3.63) is 65.7 Å². The molecule has 4 aromatic rings. The van der Waals surface area contributed by atoms with Gasteiger partial charge in [-0.1, -0.05) is 35.9 Å². The molecule has 1 aromatic heterocycles. The van der Waals surface area contributed by atoms with Gasteiger partial charge >= 0.3 is 118 Å². The largest absolute Gasteiger partial charge is 1.00 e. The number of hydrogen-bond acceptors (Lipinski definition) is 22. The van der Waals surface area contributed by atoms with Crippen LogP contribution in [-0.4, -0.2) is 105 Å². The average molecular weight is 926 g/mol. The van der Waals surface area contributed by atoms with Crippen molar-refractivity contribution in [2.45, 2.75) is 9.79 Å². The predicted octanol–water partition coefficient (Wildman–Crippen LogP) is -11.7. The summed E-state index contributed by atoms with van der Waals surface area (Å²) in [6.07, 6.45) is 5.67. The zero-order valence-electron chi connectivity index (χ0n) is 31.6. The number of anilines is 5. The van der Waals surface area contributed by atoms with Crippen molar-refractivity contribution in [1.29, 1.82) is 5.26 Å². The van der Waals surface area contributed by atoms with Crippen LogP contribution < -0.4 is 139 Å². The first-order chi connectivity index (χ1) is 25.6. The summed E-state index contributed by atoms with van der Waals surface area (Å²) in [4.78, 5) is 25.3. The smallest absolute Gasteiger partial charge is 0.744 e. The van der Waals surface area contributed by atoms with Crippen LogP contribution in [0.3, 0.4) is 0 Å². The Morgan fingerprint density at radius 2 is 1.54 bits per heavy atom. The monoisotopic (exact) mass is 925 g/mol. The average Bonchev–Trinajstić information content (AvgIpc) is 3.08. The topological polar surface area (TPSA) is 346 Å². The summed E-state index contributed by atoms with van der Waals surface area (Å²) >= 11 is 0. The number of Topliss-reactive ketones (excluding diaryl/α,β-unsaturated/α-hetero) is 1. The van der Waals surface area contributed by atoms with Gasteiger partial charge in [0.05, 0.1) is 39.4 Å². The second kappa shape index (κ2) is 22.6. The summed E-state index contributed by atoms with van der Waals surface area (Å²) in [5.41, 5.74) is 2.37. The third kappa shape index (κ3) is 15.0. The van der Waals surface area contributed by atoms with Crippen molar-refractivity contribution in [2.75, 3.05) is 52.7 Å². The van der Waals surface area contributed by atoms with Crippen molar-refractivity contribution < 1.29 is 175 Å². The number of nitrogens with one attached hydrogen (secondary N) is 3. The molecule has 5 rings (SSSR count). The summed E-state index contributed by atoms with van der Waals surface area (Å²) < 4.78 is 132. The van der Waals surface area contributed by atoms with Crippen molar-refractivity contribution in [3.8, 4) is 6.19 Å². The molecular weight excluding hydrogens is 903 g/mol. The minimum Gasteiger partial charge on any atom is -0.744 e. The Balaban J connectivity index is 0.00000435. The molecule has 3 N–H and O–H groups in total. The second-order valence-electron chi connectivity index (χ2n) is 11.1. The fourth-order valence-electron chi connectivity index (χ4n) is 4.95. The van der Waals surface area contributed by atoms with E-state index in [1.54, 1.807) is 6.19 Å². The van der Waals surface area contributed by atoms with Crippen LogP contribution in [0.5, 0.6) is 0 Å². The first kappa shape index (κ1) is 55.4. The second-order valence-corrected chi connectivity index (χ2v) is 17.2. The number of sulfone groups is 1. The third-order valence-corrected chi connectivity index (χ3v) is 11.3. The van der Waals surface area contributed by atoms with Crippen LogP contribution in [0, 0.1) is 17.5 Å². The molecule has 1 aliphatic carbocycles. The van der Waals surface area contributed by atoms with Crippen LogP contribution >= 0.6 is 0 Å². The fourth-order valence-corrected chi connectivity index (χ4v) is 7.96. The van der Waals surface area contributed by atoms with Gasteiger partial charge in [0.2, 0.25) is 28.2 Å². The molecule has 0 saturated heterocycles. The normalized spacial score (nSPS) is 13.1. The van der Waals surface area contributed by atoms with E-state index in [0.29, 0.717) is 11.3 Å². The standard InChI is InChI=1S/C29H26N9O13S4.4Na/c1-38(11-13-52(40,41)14-12-51-55(48,49)50)29-34-27(31-16-30)33-28(35-29)32-18-6-7-19-17(15-18)5-9-22(25(19)39)36-37-23-10-8-20-21(26(23)54(45,46)47)3-2-4-24(20)53(42,43)44;;;;/h2-8,10,15,37H,11-14H2,1H3,(H,42,43,44)(H,45,46,47)(H,48,49,50)(H2,31,32,33,34,35);;;;/q-1;4*+1/p-3/b36-22+;;;;. The van der Waals surface area contributed by atoms with E-state index in [9.17, 15) is 52.1 Å². The zero-order chi connectivity index (χ0) is 40.3. The van der Waals surface area contributed by atoms with Gasteiger partial charge in [-0.05, 0) is 18.2 Å². The molecular formula is C29H23N9Na4O13S4. The van der Waals surface area contributed by atoms with E-state index >= 15 is 0 Å². The molecule has 30 heteroatoms. The number of benzene rings is 3. The van der Waals surface area contributed by atoms with Gasteiger partial charge in [-0.3, -0.25) is 14.9 Å². The van der Waals surface area contributed by atoms with E-state index in [-0.39, 0.29) is 165 Å². The van der Waals surface area contributed by atoms with Crippen LogP contribution in [0.2, 0.25) is 0 Å². The van der Waals surface area contributed by atoms with Crippen LogP contribution in [0.15, 0.2) is 63.4 Å². The molecule has 0 aliphatic heterocycles. The van der Waals surface area contributed by atoms with Gasteiger partial charge in [-0.2, -0.15) is 37.5 Å². The molecule has 0 spiro atoms. The molecule has 290 valence electrons. The number of hydrogen-bond donors (Lipinski definition) is 3. The molecule has 0 atom stereocenters. The Hall–Kier alpha value is -1.66. The number of rotatable bonds is 15. The van der Waals surface area contributed by atoms with Gasteiger partial charge in [0.15, 0.2) is 16.0 Å². The molecule has 1 heterocycles. The van der Waals surface area contributed by atoms with Gasteiger partial charge in [-0.25, -0.2) is 33.7 Å². The third-order valence-electron chi connectivity index (χ3n) is 7.40. The Bertz CT molecular complexity index is 2790. The number of allylic oxidation sites excluding steroid dienone is 1. The number of hydrazone groups is 1. The van der Waals surface area contributed by atoms with Crippen LogP contribution in [-0.2, 0) is 44.7 Å². The molecule has 3 aromatic carbocycles. The number of carbonyl (C=O) groups is 1. The van der Waals surface area contributed by atoms with E-state index in [2.05, 4.69) is 46.4 Å². The van der Waals surface area contributed by atoms with Crippen LogP contribution in [0.25, 0.3) is 16.8 Å². The quantitative estimate of drug-likeness (QED) is 0.0189. The van der Waals surface area contributed by atoms with Gasteiger partial charge in [-0.15, -0.1) is 5.56 Å². The van der Waals surface area contributed by atoms with E-state index in [1.165, 1.54) is 36.2 Å². The summed E-state index contributed by atoms with van der Waals surface area (Å²) in [6, 6.07) is 9.66. The van der Waals surface area contributed by atoms with Crippen molar-refractivity contribution in [3.63, 3.8) is 0 Å². The first-order valence-electron chi connectivity index (χ1n) is 14.9. The minimum absolute atomic E-state index is 0. The number of nitrogens with zero attached hydrogens (tertiary/aromatic N) is 6. The number of ketones is 1. The van der Waals surface area contributed by atoms with Crippen molar-refractivity contribution >= 4 is 98.0 Å². The molecule has 0 fully saturated rings. The summed E-state index contributed by atoms with van der Waals surface area (Å²) in [6.45, 7) is -1.06. The molecule has 0 bridgehead atoms. The molecule has 59 heavy (non-hydrogen) atoms. The maximum atomic E-state index is 13.3. The molecule has 0 unspecified atom stereocenters. The Labute approximate surface area is 426 Å². The van der Waals surface area contributed by atoms with E-state index < -0.39 is 79.8 Å². The number of aromatic nitrogens is 3. The summed E-state index contributed by atoms with van der Waals surface area (Å²) in [7, 11) is -17.8. The van der Waals surface area contributed by atoms with Crippen molar-refractivity contribution in [1.82, 2.24) is 15.0 Å². The minimum atomic E-state index is -5.29. The molecule has 0 saturated carbocycles. The first-order valence-corrected chi connectivity index (χ1v) is 20.9. The summed E-state index contributed by atoms with van der Waals surface area (Å²) in [5, 5.41) is 17.5. The Morgan fingerprint density at radius 3 is 2.17 bits per heavy atom. The Kier molecular flexibility index (Phi) is 21.2. The van der Waals surface area contributed by atoms with Crippen LogP contribution in [0.1, 0.15) is 15.9 Å². The maximum absolute atomic E-state index is 13.3. The van der Waals surface area contributed by atoms with Crippen molar-refractivity contribution in [2.24, 2.45) is 5.10 Å². The van der Waals surface area contributed by atoms with Gasteiger partial charge in [0.25, 0.3) is 0 Å². The van der Waals surface area contributed by atoms with Gasteiger partial charge < -0.3 is 28.7 Å². The van der Waals surface area contributed by atoms with E-state index in [1.807, 2.05) is 0 Å². The summed E-state index contributed by atoms with van der Waals surface area (Å²) in [5.74, 6) is -2.36. The fraction of sp³-hybridized carbons (Fsp3) is 0.172. The Morgan fingerprint density at radius 1 is 0.864 bits per heavy atom. The molecule has 22 nitrogen and oxygen atoms in total. The van der Waals surface area contributed by atoms with Gasteiger partial charge in [0, 0.05) is 35.8 Å². The SMILES string of the molecule is CN(CCS(=O)(=O)CCOS(=O)(=O)[O-])c1nc(NC#N)nc(Nc2ccc3c(c2)C=[C-]/C(=N\Nc2ccc4c(S(=O)(=O)[O-])cccc4c2S(=O)(=O)[O-])C3=O)n1.[Na+].[Na+].[Na+].[Na+]. The molecule has 0 amide bonds. The predicted molar refractivity (Wildman–Crippen MR) is 189 cm³/mol. The number of nitriles is 1. The maximum Gasteiger partial charge on any atom is 1.00 e. The number of carbonyl (C=O) groups excluding carboxylic acids is 1. The number of fused-ring (bicyclic) bond motifs is 2. The van der Waals surface area contributed by atoms with Gasteiger partial charge in [0.1, 0.15) is 20.2 Å². The van der Waals surface area contributed by atoms with E-state index in [4.69, 9.17) is 5.26 Å². The molecule has 0 radical (unpaired) electrons.